The molecule has 0 rings (SSSR count). The van der Waals surface area contributed by atoms with Gasteiger partial charge in [-0.25, -0.2) is 0 Å². The summed E-state index contributed by atoms with van der Waals surface area (Å²) in [5.74, 6) is 0. The van der Waals surface area contributed by atoms with Gasteiger partial charge < -0.3 is 10.2 Å². The average molecular weight is 158 g/mol. The Morgan fingerprint density at radius 1 is 1.45 bits per heavy atom. The van der Waals surface area contributed by atoms with Crippen molar-refractivity contribution in [1.82, 2.24) is 0 Å². The summed E-state index contributed by atoms with van der Waals surface area (Å²) in [6, 6.07) is 0. The Hall–Kier alpha value is -0.340. The number of allylic oxidation sites excluding steroid dienone is 1. The molecule has 2 heteroatoms. The van der Waals surface area contributed by atoms with Crippen LogP contribution < -0.4 is 0 Å². The SMILES string of the molecule is CC=CC(O)CCC(C)(C)O. The maximum Gasteiger partial charge on any atom is 0.0721 e. The van der Waals surface area contributed by atoms with Gasteiger partial charge in [0.1, 0.15) is 0 Å². The van der Waals surface area contributed by atoms with Gasteiger partial charge in [-0.15, -0.1) is 0 Å². The summed E-state index contributed by atoms with van der Waals surface area (Å²) in [6.45, 7) is 5.36. The van der Waals surface area contributed by atoms with Crippen LogP contribution in [0.25, 0.3) is 0 Å². The summed E-state index contributed by atoms with van der Waals surface area (Å²) < 4.78 is 0. The lowest BCUT2D eigenvalue weighted by atomic mass is 10.0. The van der Waals surface area contributed by atoms with Crippen molar-refractivity contribution in [3.8, 4) is 0 Å². The summed E-state index contributed by atoms with van der Waals surface area (Å²) in [5, 5.41) is 18.5. The highest BCUT2D eigenvalue weighted by molar-refractivity contribution is 4.86. The third-order valence-electron chi connectivity index (χ3n) is 1.47. The number of hydrogen-bond donors (Lipinski definition) is 2. The van der Waals surface area contributed by atoms with E-state index in [1.165, 1.54) is 0 Å². The quantitative estimate of drug-likeness (QED) is 0.608. The molecule has 1 unspecified atom stereocenters. The molecule has 0 amide bonds. The van der Waals surface area contributed by atoms with Crippen LogP contribution in [0.4, 0.5) is 0 Å². The summed E-state index contributed by atoms with van der Waals surface area (Å²) in [7, 11) is 0. The molecule has 0 aromatic carbocycles. The fraction of sp³-hybridized carbons (Fsp3) is 0.778. The van der Waals surface area contributed by atoms with Gasteiger partial charge in [-0.05, 0) is 33.6 Å². The van der Waals surface area contributed by atoms with Crippen LogP contribution in [-0.2, 0) is 0 Å². The monoisotopic (exact) mass is 158 g/mol. The third kappa shape index (κ3) is 7.56. The molecule has 1 atom stereocenters. The van der Waals surface area contributed by atoms with Crippen molar-refractivity contribution in [2.24, 2.45) is 0 Å². The standard InChI is InChI=1S/C9H18O2/c1-4-5-8(10)6-7-9(2,3)11/h4-5,8,10-11H,6-7H2,1-3H3. The highest BCUT2D eigenvalue weighted by Crippen LogP contribution is 2.12. The van der Waals surface area contributed by atoms with Gasteiger partial charge in [0.2, 0.25) is 0 Å². The van der Waals surface area contributed by atoms with Crippen molar-refractivity contribution < 1.29 is 10.2 Å². The third-order valence-corrected chi connectivity index (χ3v) is 1.47. The van der Waals surface area contributed by atoms with Gasteiger partial charge >= 0.3 is 0 Å². The van der Waals surface area contributed by atoms with Crippen LogP contribution in [0.15, 0.2) is 12.2 Å². The first-order valence-corrected chi connectivity index (χ1v) is 3.99. The van der Waals surface area contributed by atoms with Gasteiger partial charge in [-0.1, -0.05) is 12.2 Å². The number of aliphatic hydroxyl groups excluding tert-OH is 1. The highest BCUT2D eigenvalue weighted by Gasteiger charge is 2.13. The molecule has 0 heterocycles. The molecule has 2 N–H and O–H groups in total. The Morgan fingerprint density at radius 2 is 2.00 bits per heavy atom. The molecule has 0 aliphatic heterocycles. The molecule has 0 saturated carbocycles. The summed E-state index contributed by atoms with van der Waals surface area (Å²) in [6.07, 6.45) is 4.37. The fourth-order valence-electron chi connectivity index (χ4n) is 0.819. The van der Waals surface area contributed by atoms with Crippen molar-refractivity contribution in [3.05, 3.63) is 12.2 Å². The topological polar surface area (TPSA) is 40.5 Å². The molecule has 11 heavy (non-hydrogen) atoms. The lowest BCUT2D eigenvalue weighted by Crippen LogP contribution is -2.20. The molecule has 0 aliphatic carbocycles. The van der Waals surface area contributed by atoms with Crippen LogP contribution >= 0.6 is 0 Å². The van der Waals surface area contributed by atoms with E-state index in [4.69, 9.17) is 0 Å². The zero-order valence-corrected chi connectivity index (χ0v) is 7.54. The lowest BCUT2D eigenvalue weighted by molar-refractivity contribution is 0.0557. The van der Waals surface area contributed by atoms with Gasteiger partial charge in [-0.2, -0.15) is 0 Å². The summed E-state index contributed by atoms with van der Waals surface area (Å²) >= 11 is 0. The van der Waals surface area contributed by atoms with Crippen LogP contribution in [0.5, 0.6) is 0 Å². The maximum atomic E-state index is 9.30. The van der Waals surface area contributed by atoms with Gasteiger partial charge in [0, 0.05) is 0 Å². The van der Waals surface area contributed by atoms with Crippen molar-refractivity contribution in [2.75, 3.05) is 0 Å². The van der Waals surface area contributed by atoms with Crippen molar-refractivity contribution >= 4 is 0 Å². The molecule has 0 aliphatic rings. The first-order valence-electron chi connectivity index (χ1n) is 3.99. The zero-order valence-electron chi connectivity index (χ0n) is 7.54. The van der Waals surface area contributed by atoms with Crippen molar-refractivity contribution in [1.29, 1.82) is 0 Å². The largest absolute Gasteiger partial charge is 0.390 e. The molecular weight excluding hydrogens is 140 g/mol. The Morgan fingerprint density at radius 3 is 2.36 bits per heavy atom. The molecule has 0 spiro atoms. The normalized spacial score (nSPS) is 15.7. The van der Waals surface area contributed by atoms with E-state index in [1.54, 1.807) is 19.9 Å². The molecule has 0 fully saturated rings. The average Bonchev–Trinajstić information content (AvgIpc) is 1.83. The van der Waals surface area contributed by atoms with Crippen LogP contribution in [-0.4, -0.2) is 21.9 Å². The van der Waals surface area contributed by atoms with Gasteiger partial charge in [0.25, 0.3) is 0 Å². The predicted octanol–water partition coefficient (Wildman–Crippen LogP) is 1.47. The van der Waals surface area contributed by atoms with E-state index in [9.17, 15) is 10.2 Å². The van der Waals surface area contributed by atoms with Crippen molar-refractivity contribution in [2.45, 2.75) is 45.3 Å². The van der Waals surface area contributed by atoms with E-state index < -0.39 is 11.7 Å². The minimum Gasteiger partial charge on any atom is -0.390 e. The molecule has 0 aromatic rings. The summed E-state index contributed by atoms with van der Waals surface area (Å²) in [4.78, 5) is 0. The Bertz CT molecular complexity index is 122. The number of hydrogen-bond acceptors (Lipinski definition) is 2. The minimum atomic E-state index is -0.664. The Labute approximate surface area is 68.6 Å². The highest BCUT2D eigenvalue weighted by atomic mass is 16.3. The van der Waals surface area contributed by atoms with Crippen LogP contribution in [0, 0.1) is 0 Å². The summed E-state index contributed by atoms with van der Waals surface area (Å²) in [5.41, 5.74) is -0.664. The van der Waals surface area contributed by atoms with Gasteiger partial charge in [0.15, 0.2) is 0 Å². The second kappa shape index (κ2) is 4.52. The van der Waals surface area contributed by atoms with Crippen molar-refractivity contribution in [3.63, 3.8) is 0 Å². The van der Waals surface area contributed by atoms with Crippen LogP contribution in [0.3, 0.4) is 0 Å². The second-order valence-corrected chi connectivity index (χ2v) is 3.44. The minimum absolute atomic E-state index is 0.411. The first kappa shape index (κ1) is 10.7. The Kier molecular flexibility index (Phi) is 4.38. The fourth-order valence-corrected chi connectivity index (χ4v) is 0.819. The molecule has 66 valence electrons. The van der Waals surface area contributed by atoms with E-state index in [0.29, 0.717) is 12.8 Å². The van der Waals surface area contributed by atoms with E-state index in [0.717, 1.165) is 0 Å². The molecule has 0 bridgehead atoms. The van der Waals surface area contributed by atoms with Gasteiger partial charge in [-0.3, -0.25) is 0 Å². The van der Waals surface area contributed by atoms with Gasteiger partial charge in [0.05, 0.1) is 11.7 Å². The lowest BCUT2D eigenvalue weighted by Gasteiger charge is -2.17. The van der Waals surface area contributed by atoms with E-state index >= 15 is 0 Å². The number of rotatable bonds is 4. The predicted molar refractivity (Wildman–Crippen MR) is 46.4 cm³/mol. The van der Waals surface area contributed by atoms with E-state index in [1.807, 2.05) is 13.0 Å². The smallest absolute Gasteiger partial charge is 0.0721 e. The number of aliphatic hydroxyl groups is 2. The van der Waals surface area contributed by atoms with E-state index in [2.05, 4.69) is 0 Å². The Balaban J connectivity index is 3.54. The van der Waals surface area contributed by atoms with Crippen LogP contribution in [0.2, 0.25) is 0 Å². The molecule has 0 radical (unpaired) electrons. The maximum absolute atomic E-state index is 9.30. The zero-order chi connectivity index (χ0) is 8.91. The first-order chi connectivity index (χ1) is 4.95. The van der Waals surface area contributed by atoms with E-state index in [-0.39, 0.29) is 0 Å². The van der Waals surface area contributed by atoms with Crippen LogP contribution in [0.1, 0.15) is 33.6 Å². The second-order valence-electron chi connectivity index (χ2n) is 3.44. The molecule has 2 nitrogen and oxygen atoms in total. The molecular formula is C9H18O2. The molecule has 0 aromatic heterocycles. The molecule has 0 saturated heterocycles.